The van der Waals surface area contributed by atoms with E-state index in [0.29, 0.717) is 17.4 Å². The molecule has 94 valence electrons. The first kappa shape index (κ1) is 12.2. The summed E-state index contributed by atoms with van der Waals surface area (Å²) in [5.41, 5.74) is 6.20. The van der Waals surface area contributed by atoms with Gasteiger partial charge in [-0.1, -0.05) is 6.92 Å². The first-order valence-corrected chi connectivity index (χ1v) is 6.63. The van der Waals surface area contributed by atoms with Gasteiger partial charge in [0.1, 0.15) is 10.6 Å². The summed E-state index contributed by atoms with van der Waals surface area (Å²) in [5.74, 6) is 0.883. The van der Waals surface area contributed by atoms with E-state index in [9.17, 15) is 4.79 Å². The molecular formula is C11H18N4OS. The summed E-state index contributed by atoms with van der Waals surface area (Å²) in [6, 6.07) is 0.438. The van der Waals surface area contributed by atoms with E-state index in [1.807, 2.05) is 0 Å². The topological polar surface area (TPSA) is 80.0 Å². The number of hydrogen-bond donors (Lipinski definition) is 3. The van der Waals surface area contributed by atoms with Crippen LogP contribution in [-0.2, 0) is 0 Å². The van der Waals surface area contributed by atoms with E-state index in [1.54, 1.807) is 7.05 Å². The van der Waals surface area contributed by atoms with Crippen LogP contribution in [0.15, 0.2) is 0 Å². The van der Waals surface area contributed by atoms with Gasteiger partial charge in [-0.25, -0.2) is 0 Å². The molecule has 4 N–H and O–H groups in total. The normalized spacial score (nSPS) is 23.6. The zero-order valence-electron chi connectivity index (χ0n) is 10.1. The van der Waals surface area contributed by atoms with Crippen LogP contribution in [0.3, 0.4) is 0 Å². The van der Waals surface area contributed by atoms with Crippen molar-refractivity contribution in [3.05, 3.63) is 5.56 Å². The number of anilines is 2. The minimum Gasteiger partial charge on any atom is -0.382 e. The van der Waals surface area contributed by atoms with E-state index >= 15 is 0 Å². The van der Waals surface area contributed by atoms with Crippen molar-refractivity contribution in [1.82, 2.24) is 9.69 Å². The van der Waals surface area contributed by atoms with Gasteiger partial charge in [0.15, 0.2) is 5.82 Å². The number of hydrogen-bond acceptors (Lipinski definition) is 5. The third kappa shape index (κ3) is 2.52. The lowest BCUT2D eigenvalue weighted by Gasteiger charge is -2.13. The Morgan fingerprint density at radius 3 is 2.88 bits per heavy atom. The van der Waals surface area contributed by atoms with Crippen molar-refractivity contribution < 1.29 is 4.79 Å². The highest BCUT2D eigenvalue weighted by Gasteiger charge is 2.25. The van der Waals surface area contributed by atoms with Gasteiger partial charge in [-0.15, -0.1) is 0 Å². The summed E-state index contributed by atoms with van der Waals surface area (Å²) in [7, 11) is 1.60. The van der Waals surface area contributed by atoms with Gasteiger partial charge in [-0.2, -0.15) is 4.37 Å². The van der Waals surface area contributed by atoms with E-state index < -0.39 is 0 Å². The van der Waals surface area contributed by atoms with Gasteiger partial charge in [0.25, 0.3) is 5.91 Å². The Morgan fingerprint density at radius 1 is 1.53 bits per heavy atom. The number of carbonyl (C=O) groups is 1. The fraction of sp³-hybridized carbons (Fsp3) is 0.636. The van der Waals surface area contributed by atoms with Crippen LogP contribution < -0.4 is 16.4 Å². The second-order valence-electron chi connectivity index (χ2n) is 4.61. The number of carbonyl (C=O) groups excluding carboxylic acids is 1. The van der Waals surface area contributed by atoms with Crippen molar-refractivity contribution in [3.63, 3.8) is 0 Å². The summed E-state index contributed by atoms with van der Waals surface area (Å²) in [6.45, 7) is 2.25. The Hall–Kier alpha value is -1.30. The maximum absolute atomic E-state index is 11.7. The quantitative estimate of drug-likeness (QED) is 0.766. The van der Waals surface area contributed by atoms with Crippen molar-refractivity contribution >= 4 is 28.3 Å². The highest BCUT2D eigenvalue weighted by atomic mass is 32.1. The minimum absolute atomic E-state index is 0.176. The molecule has 6 heteroatoms. The monoisotopic (exact) mass is 254 g/mol. The summed E-state index contributed by atoms with van der Waals surface area (Å²) < 4.78 is 4.04. The first-order valence-electron chi connectivity index (χ1n) is 5.85. The van der Waals surface area contributed by atoms with E-state index in [0.717, 1.165) is 23.8 Å². The molecule has 1 aromatic rings. The molecule has 0 saturated heterocycles. The summed E-state index contributed by atoms with van der Waals surface area (Å²) in [6.07, 6.45) is 3.53. The van der Waals surface area contributed by atoms with Crippen LogP contribution in [0.5, 0.6) is 0 Å². The molecule has 2 atom stereocenters. The fourth-order valence-corrected chi connectivity index (χ4v) is 3.06. The van der Waals surface area contributed by atoms with Crippen molar-refractivity contribution in [2.45, 2.75) is 32.2 Å². The largest absolute Gasteiger partial charge is 0.382 e. The molecular weight excluding hydrogens is 236 g/mol. The number of nitrogens with two attached hydrogens (primary N) is 1. The maximum Gasteiger partial charge on any atom is 0.257 e. The maximum atomic E-state index is 11.7. The molecule has 0 radical (unpaired) electrons. The number of amides is 1. The minimum atomic E-state index is -0.176. The van der Waals surface area contributed by atoms with Crippen molar-refractivity contribution in [3.8, 4) is 0 Å². The number of nitrogen functional groups attached to an aromatic ring is 1. The Labute approximate surface area is 105 Å². The predicted octanol–water partition coefficient (Wildman–Crippen LogP) is 1.69. The van der Waals surface area contributed by atoms with E-state index in [-0.39, 0.29) is 5.91 Å². The zero-order valence-corrected chi connectivity index (χ0v) is 10.9. The fourth-order valence-electron chi connectivity index (χ4n) is 2.27. The molecule has 0 spiro atoms. The molecule has 2 rings (SSSR count). The van der Waals surface area contributed by atoms with Crippen LogP contribution in [-0.4, -0.2) is 23.4 Å². The van der Waals surface area contributed by atoms with Crippen LogP contribution in [0, 0.1) is 5.92 Å². The van der Waals surface area contributed by atoms with Crippen LogP contribution >= 0.6 is 11.5 Å². The first-order chi connectivity index (χ1) is 8.11. The van der Waals surface area contributed by atoms with Gasteiger partial charge in [-0.3, -0.25) is 4.79 Å². The summed E-state index contributed by atoms with van der Waals surface area (Å²) in [5, 5.41) is 6.77. The van der Waals surface area contributed by atoms with E-state index in [2.05, 4.69) is 21.9 Å². The lowest BCUT2D eigenvalue weighted by molar-refractivity contribution is 0.0965. The second-order valence-corrected chi connectivity index (χ2v) is 5.38. The molecule has 1 heterocycles. The van der Waals surface area contributed by atoms with Gasteiger partial charge < -0.3 is 16.4 Å². The molecule has 17 heavy (non-hydrogen) atoms. The second kappa shape index (κ2) is 4.91. The highest BCUT2D eigenvalue weighted by molar-refractivity contribution is 7.11. The smallest absolute Gasteiger partial charge is 0.257 e. The van der Waals surface area contributed by atoms with Crippen LogP contribution in [0.4, 0.5) is 10.8 Å². The Balaban J connectivity index is 2.13. The third-order valence-electron chi connectivity index (χ3n) is 3.20. The van der Waals surface area contributed by atoms with Crippen LogP contribution in [0.25, 0.3) is 0 Å². The van der Waals surface area contributed by atoms with Gasteiger partial charge in [0, 0.05) is 13.1 Å². The van der Waals surface area contributed by atoms with Gasteiger partial charge >= 0.3 is 0 Å². The lowest BCUT2D eigenvalue weighted by atomic mass is 10.1. The average molecular weight is 254 g/mol. The SMILES string of the molecule is CNC(=O)c1c(N)nsc1NC1CCC(C)C1. The van der Waals surface area contributed by atoms with E-state index in [4.69, 9.17) is 5.73 Å². The van der Waals surface area contributed by atoms with Gasteiger partial charge in [0.2, 0.25) is 0 Å². The predicted molar refractivity (Wildman–Crippen MR) is 70.3 cm³/mol. The lowest BCUT2D eigenvalue weighted by Crippen LogP contribution is -2.22. The number of nitrogens with one attached hydrogen (secondary N) is 2. The van der Waals surface area contributed by atoms with Crippen molar-refractivity contribution in [1.29, 1.82) is 0 Å². The Morgan fingerprint density at radius 2 is 2.29 bits per heavy atom. The average Bonchev–Trinajstić information content (AvgIpc) is 2.86. The molecule has 1 aliphatic carbocycles. The van der Waals surface area contributed by atoms with Crippen molar-refractivity contribution in [2.24, 2.45) is 5.92 Å². The van der Waals surface area contributed by atoms with Crippen LogP contribution in [0.1, 0.15) is 36.5 Å². The molecule has 2 unspecified atom stereocenters. The van der Waals surface area contributed by atoms with Gasteiger partial charge in [0.05, 0.1) is 0 Å². The number of aromatic nitrogens is 1. The Bertz CT molecular complexity index is 418. The van der Waals surface area contributed by atoms with Gasteiger partial charge in [-0.05, 0) is 36.7 Å². The number of rotatable bonds is 3. The molecule has 5 nitrogen and oxygen atoms in total. The van der Waals surface area contributed by atoms with Crippen molar-refractivity contribution in [2.75, 3.05) is 18.1 Å². The molecule has 0 aromatic carbocycles. The number of nitrogens with zero attached hydrogens (tertiary/aromatic N) is 1. The zero-order chi connectivity index (χ0) is 12.4. The third-order valence-corrected chi connectivity index (χ3v) is 4.00. The summed E-state index contributed by atoms with van der Waals surface area (Å²) in [4.78, 5) is 11.7. The summed E-state index contributed by atoms with van der Waals surface area (Å²) >= 11 is 1.26. The van der Waals surface area contributed by atoms with E-state index in [1.165, 1.54) is 18.0 Å². The molecule has 1 amide bonds. The molecule has 1 aliphatic rings. The molecule has 1 fully saturated rings. The standard InChI is InChI=1S/C11H18N4OS/c1-6-3-4-7(5-6)14-11-8(10(16)13-2)9(12)15-17-11/h6-7,14H,3-5H2,1-2H3,(H2,12,15)(H,13,16). The molecule has 1 aromatic heterocycles. The van der Waals surface area contributed by atoms with Crippen LogP contribution in [0.2, 0.25) is 0 Å². The molecule has 1 saturated carbocycles. The Kier molecular flexibility index (Phi) is 3.51. The molecule has 0 bridgehead atoms. The highest BCUT2D eigenvalue weighted by Crippen LogP contribution is 2.32. The molecule has 0 aliphatic heterocycles.